The third kappa shape index (κ3) is 4.53. The summed E-state index contributed by atoms with van der Waals surface area (Å²) in [6.07, 6.45) is 1.29. The number of esters is 1. The summed E-state index contributed by atoms with van der Waals surface area (Å²) < 4.78 is 4.34. The first-order valence-electron chi connectivity index (χ1n) is 8.16. The fraction of sp³-hybridized carbons (Fsp3) is 0.500. The van der Waals surface area contributed by atoms with Gasteiger partial charge in [0.1, 0.15) is 16.8 Å². The van der Waals surface area contributed by atoms with E-state index in [0.29, 0.717) is 0 Å². The van der Waals surface area contributed by atoms with E-state index in [2.05, 4.69) is 26.6 Å². The van der Waals surface area contributed by atoms with E-state index in [-0.39, 0.29) is 12.3 Å². The summed E-state index contributed by atoms with van der Waals surface area (Å²) in [5.74, 6) is -4.66. The van der Waals surface area contributed by atoms with Gasteiger partial charge < -0.3 is 24.9 Å². The summed E-state index contributed by atoms with van der Waals surface area (Å²) in [4.78, 5) is 65.1. The number of carbonyl (C=O) groups is 5. The number of nitrogens with zero attached hydrogens (tertiary/aromatic N) is 2. The molecule has 2 heterocycles. The Kier molecular flexibility index (Phi) is 7.25. The lowest BCUT2D eigenvalue weighted by Crippen LogP contribution is -2.74. The predicted molar refractivity (Wildman–Crippen MR) is 101 cm³/mol. The number of rotatable bonds is 9. The molecule has 2 aliphatic rings. The van der Waals surface area contributed by atoms with Crippen LogP contribution in [0.4, 0.5) is 0 Å². The number of hydrogen-bond acceptors (Lipinski definition) is 9. The molecule has 13 heteroatoms. The van der Waals surface area contributed by atoms with Gasteiger partial charge in [0.15, 0.2) is 0 Å². The molecule has 2 fully saturated rings. The minimum atomic E-state index is -1.27. The molecule has 2 amide bonds. The maximum atomic E-state index is 12.4. The number of Topliss-reactive ketones (excluding diaryl/α,β-unsaturated/α-hetero) is 1. The highest BCUT2D eigenvalue weighted by atomic mass is 35.5. The Balaban J connectivity index is 2.06. The lowest BCUT2D eigenvalue weighted by Gasteiger charge is -2.53. The van der Waals surface area contributed by atoms with E-state index in [4.69, 9.17) is 11.6 Å². The number of oxime groups is 1. The fourth-order valence-electron chi connectivity index (χ4n) is 2.64. The lowest BCUT2D eigenvalue weighted by molar-refractivity contribution is -0.156. The maximum Gasteiger partial charge on any atom is 0.346 e. The Labute approximate surface area is 174 Å². The average molecular weight is 448 g/mol. The highest BCUT2D eigenvalue weighted by Crippen LogP contribution is 2.42. The van der Waals surface area contributed by atoms with E-state index in [9.17, 15) is 29.1 Å². The number of alkyl halides is 1. The Morgan fingerprint density at radius 2 is 2.17 bits per heavy atom. The third-order valence-electron chi connectivity index (χ3n) is 4.38. The highest BCUT2D eigenvalue weighted by molar-refractivity contribution is 8.00. The molecule has 0 radical (unpaired) electrons. The molecule has 0 bridgehead atoms. The summed E-state index contributed by atoms with van der Waals surface area (Å²) >= 11 is 6.63. The van der Waals surface area contributed by atoms with Gasteiger partial charge in [0.2, 0.25) is 24.0 Å². The molecule has 2 unspecified atom stereocenters. The Morgan fingerprint density at radius 3 is 2.72 bits per heavy atom. The summed E-state index contributed by atoms with van der Waals surface area (Å²) in [5, 5.41) is 14.6. The van der Waals surface area contributed by atoms with Crippen molar-refractivity contribution >= 4 is 58.6 Å². The van der Waals surface area contributed by atoms with Crippen molar-refractivity contribution in [3.63, 3.8) is 0 Å². The van der Waals surface area contributed by atoms with Crippen LogP contribution in [0, 0.1) is 5.41 Å². The summed E-state index contributed by atoms with van der Waals surface area (Å²) in [6, 6.07) is -0.974. The van der Waals surface area contributed by atoms with Gasteiger partial charge in [-0.3, -0.25) is 19.2 Å². The molecule has 3 atom stereocenters. The van der Waals surface area contributed by atoms with E-state index in [1.807, 2.05) is 0 Å². The Hall–Kier alpha value is -2.60. The van der Waals surface area contributed by atoms with Gasteiger partial charge in [-0.15, -0.1) is 29.9 Å². The summed E-state index contributed by atoms with van der Waals surface area (Å²) in [5.41, 5.74) is -1.98. The molecule has 11 nitrogen and oxygen atoms in total. The average Bonchev–Trinajstić information content (AvgIpc) is 2.73. The molecule has 29 heavy (non-hydrogen) atoms. The quantitative estimate of drug-likeness (QED) is 0.0861. The van der Waals surface area contributed by atoms with Gasteiger partial charge >= 0.3 is 11.9 Å². The van der Waals surface area contributed by atoms with Gasteiger partial charge in [-0.2, -0.15) is 0 Å². The molecule has 2 saturated heterocycles. The van der Waals surface area contributed by atoms with Crippen LogP contribution in [0.1, 0.15) is 0 Å². The van der Waals surface area contributed by atoms with Gasteiger partial charge in [-0.1, -0.05) is 11.2 Å². The number of β-lactam (4-membered cyclic amide) rings is 1. The first-order valence-corrected chi connectivity index (χ1v) is 9.75. The zero-order valence-electron chi connectivity index (χ0n) is 15.3. The Morgan fingerprint density at radius 1 is 1.48 bits per heavy atom. The van der Waals surface area contributed by atoms with E-state index >= 15 is 0 Å². The zero-order chi connectivity index (χ0) is 21.8. The van der Waals surface area contributed by atoms with E-state index in [1.54, 1.807) is 0 Å². The molecular weight excluding hydrogens is 430 g/mol. The van der Waals surface area contributed by atoms with Gasteiger partial charge in [-0.25, -0.2) is 4.79 Å². The minimum absolute atomic E-state index is 0.0709. The molecule has 0 saturated carbocycles. The van der Waals surface area contributed by atoms with Crippen molar-refractivity contribution in [1.82, 2.24) is 10.2 Å². The van der Waals surface area contributed by atoms with Crippen molar-refractivity contribution in [3.8, 4) is 0 Å². The van der Waals surface area contributed by atoms with Gasteiger partial charge in [-0.05, 0) is 0 Å². The number of ether oxygens (including phenoxy) is 1. The van der Waals surface area contributed by atoms with E-state index in [1.165, 1.54) is 22.7 Å². The number of fused-ring (bicyclic) bond motifs is 1. The largest absolute Gasteiger partial charge is 0.481 e. The smallest absolute Gasteiger partial charge is 0.346 e. The van der Waals surface area contributed by atoms with Crippen LogP contribution in [0.2, 0.25) is 0 Å². The number of hydrogen-bond donors (Lipinski definition) is 2. The normalized spacial score (nSPS) is 25.9. The second kappa shape index (κ2) is 9.27. The minimum Gasteiger partial charge on any atom is -0.481 e. The molecule has 2 rings (SSSR count). The second-order valence-corrected chi connectivity index (χ2v) is 7.50. The fourth-order valence-corrected chi connectivity index (χ4v) is 4.30. The van der Waals surface area contributed by atoms with Crippen LogP contribution < -0.4 is 5.32 Å². The van der Waals surface area contributed by atoms with Crippen molar-refractivity contribution in [3.05, 3.63) is 12.7 Å². The van der Waals surface area contributed by atoms with Crippen LogP contribution >= 0.6 is 23.4 Å². The van der Waals surface area contributed by atoms with Crippen molar-refractivity contribution in [1.29, 1.82) is 0 Å². The van der Waals surface area contributed by atoms with E-state index < -0.39 is 64.6 Å². The third-order valence-corrected chi connectivity index (χ3v) is 6.17. The topological polar surface area (TPSA) is 152 Å². The monoisotopic (exact) mass is 447 g/mol. The van der Waals surface area contributed by atoms with Gasteiger partial charge in [0.05, 0.1) is 13.0 Å². The number of aliphatic carboxylic acids is 1. The number of amides is 2. The highest BCUT2D eigenvalue weighted by Gasteiger charge is 2.56. The van der Waals surface area contributed by atoms with Gasteiger partial charge in [0.25, 0.3) is 5.91 Å². The molecule has 0 aromatic carbocycles. The summed E-state index contributed by atoms with van der Waals surface area (Å²) in [6.45, 7) is 2.84. The molecule has 158 valence electrons. The number of carboxylic acid groups (broad SMARTS) is 1. The molecule has 0 aromatic rings. The molecule has 0 spiro atoms. The number of carbonyl (C=O) groups excluding carboxylic acids is 4. The molecular formula is C16H18ClN3O8S. The number of nitrogens with one attached hydrogen (secondary N) is 1. The molecule has 0 aliphatic carbocycles. The second-order valence-electron chi connectivity index (χ2n) is 6.13. The number of thioether (sulfide) groups is 1. The van der Waals surface area contributed by atoms with Crippen LogP contribution in [0.5, 0.6) is 0 Å². The van der Waals surface area contributed by atoms with Crippen LogP contribution in [0.15, 0.2) is 17.8 Å². The number of ketones is 1. The van der Waals surface area contributed by atoms with Crippen LogP contribution in [-0.4, -0.2) is 88.6 Å². The van der Waals surface area contributed by atoms with Crippen molar-refractivity contribution < 1.29 is 38.7 Å². The molecule has 2 aliphatic heterocycles. The number of halogens is 1. The van der Waals surface area contributed by atoms with Crippen molar-refractivity contribution in [2.45, 2.75) is 11.4 Å². The first kappa shape index (κ1) is 22.7. The predicted octanol–water partition coefficient (Wildman–Crippen LogP) is -1.00. The number of carboxylic acids is 1. The number of methoxy groups -OCH3 is 1. The Bertz CT molecular complexity index is 788. The first-order chi connectivity index (χ1) is 13.7. The standard InChI is InChI=1S/C16H18ClN3O8S/c1-3-16(15(25)26)6-20-13(24)11(14(20)29-7-16)18-12(23)10(8(21)4-17)19-28-5-9(22)27-2/h3,11,14H,1,4-7H2,2H3,(H,18,23)(H,25,26)/t11?,14-,16?/m1/s1. The van der Waals surface area contributed by atoms with Crippen LogP contribution in [-0.2, 0) is 33.5 Å². The van der Waals surface area contributed by atoms with Crippen LogP contribution in [0.25, 0.3) is 0 Å². The lowest BCUT2D eigenvalue weighted by atomic mass is 9.87. The van der Waals surface area contributed by atoms with Crippen molar-refractivity contribution in [2.75, 3.05) is 31.9 Å². The van der Waals surface area contributed by atoms with Crippen LogP contribution in [0.3, 0.4) is 0 Å². The molecule has 2 N–H and O–H groups in total. The van der Waals surface area contributed by atoms with E-state index in [0.717, 1.165) is 7.11 Å². The zero-order valence-corrected chi connectivity index (χ0v) is 16.8. The van der Waals surface area contributed by atoms with Crippen molar-refractivity contribution in [2.24, 2.45) is 10.6 Å². The maximum absolute atomic E-state index is 12.4. The SMILES string of the molecule is C=CC1(C(=O)O)CS[C@@H]2C(NC(=O)C(=NOCC(=O)OC)C(=O)CCl)C(=O)N2C1. The molecule has 0 aromatic heterocycles. The summed E-state index contributed by atoms with van der Waals surface area (Å²) in [7, 11) is 1.12. The van der Waals surface area contributed by atoms with Gasteiger partial charge in [0, 0.05) is 12.3 Å².